The molecule has 0 aliphatic carbocycles. The minimum Gasteiger partial charge on any atom is -0.507 e. The van der Waals surface area contributed by atoms with Crippen LogP contribution in [0.4, 0.5) is 5.69 Å². The van der Waals surface area contributed by atoms with E-state index < -0.39 is 10.8 Å². The molecule has 2 N–H and O–H groups in total. The number of hydrogen-bond donors (Lipinski definition) is 2. The van der Waals surface area contributed by atoms with Gasteiger partial charge in [-0.05, 0) is 36.4 Å². The summed E-state index contributed by atoms with van der Waals surface area (Å²) in [5.41, 5.74) is 2.99. The van der Waals surface area contributed by atoms with Gasteiger partial charge >= 0.3 is 0 Å². The molecule has 0 bridgehead atoms. The van der Waals surface area contributed by atoms with Gasteiger partial charge in [0.05, 0.1) is 23.8 Å². The normalized spacial score (nSPS) is 10.8. The third kappa shape index (κ3) is 4.15. The fourth-order valence-corrected chi connectivity index (χ4v) is 2.37. The molecule has 142 valence electrons. The molecule has 0 saturated carbocycles. The van der Waals surface area contributed by atoms with Crippen LogP contribution in [0.15, 0.2) is 64.1 Å². The number of methoxy groups -OCH3 is 1. The van der Waals surface area contributed by atoms with Crippen LogP contribution >= 0.6 is 0 Å². The summed E-state index contributed by atoms with van der Waals surface area (Å²) in [4.78, 5) is 22.3. The van der Waals surface area contributed by atoms with Gasteiger partial charge in [-0.25, -0.2) is 5.43 Å². The molecule has 0 unspecified atom stereocenters. The maximum absolute atomic E-state index is 12.1. The van der Waals surface area contributed by atoms with Crippen molar-refractivity contribution in [2.24, 2.45) is 5.10 Å². The van der Waals surface area contributed by atoms with E-state index in [1.165, 1.54) is 37.6 Å². The van der Waals surface area contributed by atoms with Gasteiger partial charge in [0.2, 0.25) is 0 Å². The summed E-state index contributed by atoms with van der Waals surface area (Å²) >= 11 is 0. The van der Waals surface area contributed by atoms with Gasteiger partial charge in [-0.15, -0.1) is 0 Å². The number of ether oxygens (including phenoxy) is 1. The van der Waals surface area contributed by atoms with Gasteiger partial charge in [0, 0.05) is 23.8 Å². The van der Waals surface area contributed by atoms with Gasteiger partial charge in [0.25, 0.3) is 11.6 Å². The van der Waals surface area contributed by atoms with Crippen LogP contribution in [-0.4, -0.2) is 29.3 Å². The second-order valence-corrected chi connectivity index (χ2v) is 5.59. The van der Waals surface area contributed by atoms with Crippen LogP contribution in [0.25, 0.3) is 11.3 Å². The van der Waals surface area contributed by atoms with Crippen molar-refractivity contribution in [2.45, 2.75) is 0 Å². The van der Waals surface area contributed by atoms with E-state index in [1.54, 1.807) is 30.3 Å². The highest BCUT2D eigenvalue weighted by atomic mass is 16.6. The van der Waals surface area contributed by atoms with Gasteiger partial charge in [-0.2, -0.15) is 5.10 Å². The number of nitrogens with one attached hydrogen (secondary N) is 1. The predicted octanol–water partition coefficient (Wildman–Crippen LogP) is 3.33. The average molecular weight is 381 g/mol. The van der Waals surface area contributed by atoms with Crippen LogP contribution < -0.4 is 10.2 Å². The van der Waals surface area contributed by atoms with Gasteiger partial charge in [0.15, 0.2) is 0 Å². The van der Waals surface area contributed by atoms with Crippen LogP contribution in [0.3, 0.4) is 0 Å². The van der Waals surface area contributed by atoms with Crippen molar-refractivity contribution < 1.29 is 24.0 Å². The number of phenolic OH excluding ortho intramolecular Hbond substituents is 1. The number of nitro groups is 1. The summed E-state index contributed by atoms with van der Waals surface area (Å²) in [7, 11) is 1.45. The number of furan rings is 1. The lowest BCUT2D eigenvalue weighted by atomic mass is 10.1. The van der Waals surface area contributed by atoms with Crippen molar-refractivity contribution >= 4 is 17.8 Å². The topological polar surface area (TPSA) is 127 Å². The van der Waals surface area contributed by atoms with Crippen molar-refractivity contribution in [1.29, 1.82) is 0 Å². The van der Waals surface area contributed by atoms with Crippen LogP contribution in [0.5, 0.6) is 11.5 Å². The summed E-state index contributed by atoms with van der Waals surface area (Å²) in [6.07, 6.45) is 1.30. The molecule has 3 rings (SSSR count). The number of rotatable bonds is 6. The third-order valence-corrected chi connectivity index (χ3v) is 3.80. The molecule has 2 aromatic carbocycles. The fourth-order valence-electron chi connectivity index (χ4n) is 2.37. The number of hydrazone groups is 1. The number of phenols is 1. The largest absolute Gasteiger partial charge is 0.507 e. The molecule has 0 atom stereocenters. The summed E-state index contributed by atoms with van der Waals surface area (Å²) in [6, 6.07) is 13.5. The Labute approximate surface area is 159 Å². The standard InChI is InChI=1S/C19H15N3O6/c1-27-14-6-8-16(17(23)10-14)19(24)21-20-11-15-7-9-18(28-15)12-2-4-13(5-3-12)22(25)26/h2-11,23H,1H3,(H,21,24)/b20-11-. The van der Waals surface area contributed by atoms with Gasteiger partial charge in [0.1, 0.15) is 23.0 Å². The van der Waals surface area contributed by atoms with Crippen molar-refractivity contribution in [1.82, 2.24) is 5.43 Å². The third-order valence-electron chi connectivity index (χ3n) is 3.80. The van der Waals surface area contributed by atoms with Crippen molar-refractivity contribution in [3.8, 4) is 22.8 Å². The molecule has 1 heterocycles. The van der Waals surface area contributed by atoms with Gasteiger partial charge in [-0.1, -0.05) is 0 Å². The van der Waals surface area contributed by atoms with Crippen molar-refractivity contribution in [2.75, 3.05) is 7.11 Å². The van der Waals surface area contributed by atoms with Crippen molar-refractivity contribution in [3.05, 3.63) is 76.0 Å². The Balaban J connectivity index is 1.65. The molecule has 28 heavy (non-hydrogen) atoms. The Morgan fingerprint density at radius 1 is 1.21 bits per heavy atom. The highest BCUT2D eigenvalue weighted by Crippen LogP contribution is 2.24. The number of non-ortho nitro benzene ring substituents is 1. The Kier molecular flexibility index (Phi) is 5.35. The molecule has 0 spiro atoms. The Bertz CT molecular complexity index is 1040. The number of amides is 1. The fraction of sp³-hybridized carbons (Fsp3) is 0.0526. The number of carbonyl (C=O) groups excluding carboxylic acids is 1. The van der Waals surface area contributed by atoms with E-state index in [2.05, 4.69) is 10.5 Å². The van der Waals surface area contributed by atoms with Gasteiger partial charge < -0.3 is 14.3 Å². The first kappa shape index (κ1) is 18.6. The highest BCUT2D eigenvalue weighted by molar-refractivity contribution is 5.97. The summed E-state index contributed by atoms with van der Waals surface area (Å²) in [5.74, 6) is 0.457. The molecule has 0 radical (unpaired) electrons. The summed E-state index contributed by atoms with van der Waals surface area (Å²) in [6.45, 7) is 0. The van der Waals surface area contributed by atoms with Crippen LogP contribution in [-0.2, 0) is 0 Å². The highest BCUT2D eigenvalue weighted by Gasteiger charge is 2.11. The number of benzene rings is 2. The molecule has 3 aromatic rings. The van der Waals surface area contributed by atoms with E-state index in [0.717, 1.165) is 0 Å². The number of nitro benzene ring substituents is 1. The Morgan fingerprint density at radius 2 is 1.96 bits per heavy atom. The van der Waals surface area contributed by atoms with E-state index in [1.807, 2.05) is 0 Å². The monoisotopic (exact) mass is 381 g/mol. The molecule has 1 aromatic heterocycles. The van der Waals surface area contributed by atoms with Crippen LogP contribution in [0.2, 0.25) is 0 Å². The smallest absolute Gasteiger partial charge is 0.275 e. The zero-order chi connectivity index (χ0) is 20.1. The van der Waals surface area contributed by atoms with Crippen molar-refractivity contribution in [3.63, 3.8) is 0 Å². The molecule has 0 aliphatic heterocycles. The molecule has 0 fully saturated rings. The quantitative estimate of drug-likeness (QED) is 0.383. The Morgan fingerprint density at radius 3 is 2.61 bits per heavy atom. The lowest BCUT2D eigenvalue weighted by Gasteiger charge is -2.05. The first-order valence-electron chi connectivity index (χ1n) is 8.03. The Hall–Kier alpha value is -4.14. The molecular formula is C19H15N3O6. The minimum atomic E-state index is -0.599. The van der Waals surface area contributed by atoms with Crippen LogP contribution in [0, 0.1) is 10.1 Å². The lowest BCUT2D eigenvalue weighted by molar-refractivity contribution is -0.384. The molecule has 1 amide bonds. The zero-order valence-corrected chi connectivity index (χ0v) is 14.7. The first-order chi connectivity index (χ1) is 13.5. The van der Waals surface area contributed by atoms with E-state index in [4.69, 9.17) is 9.15 Å². The van der Waals surface area contributed by atoms with E-state index in [-0.39, 0.29) is 17.0 Å². The molecule has 9 heteroatoms. The predicted molar refractivity (Wildman–Crippen MR) is 101 cm³/mol. The summed E-state index contributed by atoms with van der Waals surface area (Å²) in [5, 5.41) is 24.3. The maximum Gasteiger partial charge on any atom is 0.275 e. The second kappa shape index (κ2) is 8.04. The molecule has 9 nitrogen and oxygen atoms in total. The second-order valence-electron chi connectivity index (χ2n) is 5.59. The number of aromatic hydroxyl groups is 1. The molecular weight excluding hydrogens is 366 g/mol. The molecule has 0 saturated heterocycles. The average Bonchev–Trinajstić information content (AvgIpc) is 3.16. The number of nitrogens with zero attached hydrogens (tertiary/aromatic N) is 2. The van der Waals surface area contributed by atoms with E-state index in [9.17, 15) is 20.0 Å². The SMILES string of the molecule is COc1ccc(C(=O)N/N=C\c2ccc(-c3ccc([N+](=O)[O-])cc3)o2)c(O)c1. The zero-order valence-electron chi connectivity index (χ0n) is 14.7. The molecule has 0 aliphatic rings. The van der Waals surface area contributed by atoms with Crippen LogP contribution in [0.1, 0.15) is 16.1 Å². The summed E-state index contributed by atoms with van der Waals surface area (Å²) < 4.78 is 10.5. The van der Waals surface area contributed by atoms with E-state index >= 15 is 0 Å². The minimum absolute atomic E-state index is 0.0124. The van der Waals surface area contributed by atoms with Gasteiger partial charge in [-0.3, -0.25) is 14.9 Å². The number of hydrogen-bond acceptors (Lipinski definition) is 7. The lowest BCUT2D eigenvalue weighted by Crippen LogP contribution is -2.17. The maximum atomic E-state index is 12.1. The van der Waals surface area contributed by atoms with E-state index in [0.29, 0.717) is 22.8 Å². The first-order valence-corrected chi connectivity index (χ1v) is 8.03. The number of carbonyl (C=O) groups is 1.